The van der Waals surface area contributed by atoms with Gasteiger partial charge in [-0.2, -0.15) is 0 Å². The van der Waals surface area contributed by atoms with Crippen LogP contribution in [0.4, 0.5) is 0 Å². The lowest BCUT2D eigenvalue weighted by molar-refractivity contribution is -0.142. The summed E-state index contributed by atoms with van der Waals surface area (Å²) in [6.45, 7) is 0. The molecule has 0 aliphatic carbocycles. The highest BCUT2D eigenvalue weighted by molar-refractivity contribution is 5.92. The molecule has 1 saturated heterocycles. The van der Waals surface area contributed by atoms with Crippen LogP contribution in [0.1, 0.15) is 18.4 Å². The molecule has 0 saturated carbocycles. The van der Waals surface area contributed by atoms with Crippen molar-refractivity contribution in [2.45, 2.75) is 31.3 Å². The van der Waals surface area contributed by atoms with Gasteiger partial charge in [-0.25, -0.2) is 4.79 Å². The van der Waals surface area contributed by atoms with Gasteiger partial charge in [-0.05, 0) is 23.1 Å². The van der Waals surface area contributed by atoms with Crippen molar-refractivity contribution in [1.29, 1.82) is 0 Å². The number of aliphatic carboxylic acids is 1. The first-order valence-electron chi connectivity index (χ1n) is 8.50. The van der Waals surface area contributed by atoms with E-state index in [1.54, 1.807) is 0 Å². The van der Waals surface area contributed by atoms with Gasteiger partial charge in [-0.1, -0.05) is 54.6 Å². The molecule has 2 atom stereocenters. The van der Waals surface area contributed by atoms with Crippen LogP contribution in [0.25, 0.3) is 11.1 Å². The minimum Gasteiger partial charge on any atom is -0.480 e. The number of carbonyl (C=O) groups is 3. The first-order valence-corrected chi connectivity index (χ1v) is 8.50. The Morgan fingerprint density at radius 1 is 1.08 bits per heavy atom. The van der Waals surface area contributed by atoms with Gasteiger partial charge in [0.05, 0.1) is 0 Å². The SMILES string of the molecule is O=C1CC[C@H](C(=O)N[C@@H](Cc2ccc(-c3ccccc3)cc2)C(=O)O)N1. The van der Waals surface area contributed by atoms with Gasteiger partial charge in [-0.15, -0.1) is 0 Å². The molecule has 6 nitrogen and oxygen atoms in total. The summed E-state index contributed by atoms with van der Waals surface area (Å²) in [5.74, 6) is -1.74. The van der Waals surface area contributed by atoms with E-state index >= 15 is 0 Å². The molecule has 2 amide bonds. The third kappa shape index (κ3) is 4.27. The van der Waals surface area contributed by atoms with E-state index in [0.717, 1.165) is 16.7 Å². The average Bonchev–Trinajstić information content (AvgIpc) is 3.09. The van der Waals surface area contributed by atoms with Crippen LogP contribution in [-0.2, 0) is 20.8 Å². The van der Waals surface area contributed by atoms with Crippen LogP contribution in [0, 0.1) is 0 Å². The number of amides is 2. The Hall–Kier alpha value is -3.15. The van der Waals surface area contributed by atoms with Gasteiger partial charge in [-0.3, -0.25) is 9.59 Å². The zero-order valence-electron chi connectivity index (χ0n) is 14.1. The summed E-state index contributed by atoms with van der Waals surface area (Å²) in [6.07, 6.45) is 0.858. The summed E-state index contributed by atoms with van der Waals surface area (Å²) in [7, 11) is 0. The Kier molecular flexibility index (Phi) is 5.31. The Morgan fingerprint density at radius 3 is 2.31 bits per heavy atom. The lowest BCUT2D eigenvalue weighted by atomic mass is 10.0. The largest absolute Gasteiger partial charge is 0.480 e. The molecule has 1 heterocycles. The van der Waals surface area contributed by atoms with Crippen LogP contribution >= 0.6 is 0 Å². The summed E-state index contributed by atoms with van der Waals surface area (Å²) >= 11 is 0. The van der Waals surface area contributed by atoms with Crippen molar-refractivity contribution in [3.05, 3.63) is 60.2 Å². The van der Waals surface area contributed by atoms with Gasteiger partial charge in [0.25, 0.3) is 0 Å². The number of nitrogens with one attached hydrogen (secondary N) is 2. The predicted molar refractivity (Wildman–Crippen MR) is 96.3 cm³/mol. The van der Waals surface area contributed by atoms with E-state index in [-0.39, 0.29) is 18.7 Å². The van der Waals surface area contributed by atoms with Crippen molar-refractivity contribution >= 4 is 17.8 Å². The Bertz CT molecular complexity index is 802. The molecule has 1 fully saturated rings. The van der Waals surface area contributed by atoms with Crippen molar-refractivity contribution in [2.75, 3.05) is 0 Å². The molecule has 1 aliphatic heterocycles. The number of benzene rings is 2. The molecule has 134 valence electrons. The normalized spacial score (nSPS) is 17.4. The molecule has 0 bridgehead atoms. The zero-order chi connectivity index (χ0) is 18.5. The van der Waals surface area contributed by atoms with E-state index in [1.807, 2.05) is 54.6 Å². The van der Waals surface area contributed by atoms with Crippen LogP contribution in [0.2, 0.25) is 0 Å². The second kappa shape index (κ2) is 7.82. The average molecular weight is 352 g/mol. The zero-order valence-corrected chi connectivity index (χ0v) is 14.1. The fraction of sp³-hybridized carbons (Fsp3) is 0.250. The third-order valence-corrected chi connectivity index (χ3v) is 4.43. The van der Waals surface area contributed by atoms with Crippen molar-refractivity contribution in [2.24, 2.45) is 0 Å². The Morgan fingerprint density at radius 2 is 1.73 bits per heavy atom. The van der Waals surface area contributed by atoms with E-state index in [1.165, 1.54) is 0 Å². The maximum atomic E-state index is 12.1. The molecule has 0 aromatic heterocycles. The molecule has 2 aromatic carbocycles. The van der Waals surface area contributed by atoms with Crippen LogP contribution in [-0.4, -0.2) is 35.0 Å². The second-order valence-corrected chi connectivity index (χ2v) is 6.33. The molecule has 3 N–H and O–H groups in total. The first-order chi connectivity index (χ1) is 12.5. The molecule has 1 aliphatic rings. The standard InChI is InChI=1S/C20H20N2O4/c23-18-11-10-16(21-18)19(24)22-17(20(25)26)12-13-6-8-15(9-7-13)14-4-2-1-3-5-14/h1-9,16-17H,10-12H2,(H,21,23)(H,22,24)(H,25,26)/t16-,17+/m1/s1. The quantitative estimate of drug-likeness (QED) is 0.738. The van der Waals surface area contributed by atoms with E-state index in [4.69, 9.17) is 0 Å². The highest BCUT2D eigenvalue weighted by atomic mass is 16.4. The summed E-state index contributed by atoms with van der Waals surface area (Å²) < 4.78 is 0. The van der Waals surface area contributed by atoms with E-state index in [9.17, 15) is 19.5 Å². The lowest BCUT2D eigenvalue weighted by Crippen LogP contribution is -2.49. The Balaban J connectivity index is 1.65. The summed E-state index contributed by atoms with van der Waals surface area (Å²) in [5.41, 5.74) is 2.94. The molecule has 3 rings (SSSR count). The van der Waals surface area contributed by atoms with E-state index in [2.05, 4.69) is 10.6 Å². The molecular formula is C20H20N2O4. The minimum absolute atomic E-state index is 0.177. The number of carbonyl (C=O) groups excluding carboxylic acids is 2. The highest BCUT2D eigenvalue weighted by Crippen LogP contribution is 2.19. The fourth-order valence-electron chi connectivity index (χ4n) is 2.98. The number of hydrogen-bond acceptors (Lipinski definition) is 3. The molecule has 2 aromatic rings. The number of carboxylic acids is 1. The summed E-state index contributed by atoms with van der Waals surface area (Å²) in [6, 6.07) is 15.8. The smallest absolute Gasteiger partial charge is 0.326 e. The van der Waals surface area contributed by atoms with Crippen LogP contribution in [0.3, 0.4) is 0 Å². The van der Waals surface area contributed by atoms with Gasteiger partial charge < -0.3 is 15.7 Å². The summed E-state index contributed by atoms with van der Waals surface area (Å²) in [5, 5.41) is 14.5. The molecule has 0 radical (unpaired) electrons. The van der Waals surface area contributed by atoms with Gasteiger partial charge in [0.15, 0.2) is 0 Å². The molecule has 0 spiro atoms. The summed E-state index contributed by atoms with van der Waals surface area (Å²) in [4.78, 5) is 34.9. The first kappa shape index (κ1) is 17.7. The Labute approximate surface area is 151 Å². The third-order valence-electron chi connectivity index (χ3n) is 4.43. The number of rotatable bonds is 6. The van der Waals surface area contributed by atoms with Crippen molar-refractivity contribution in [3.63, 3.8) is 0 Å². The highest BCUT2D eigenvalue weighted by Gasteiger charge is 2.30. The van der Waals surface area contributed by atoms with Crippen molar-refractivity contribution in [3.8, 4) is 11.1 Å². The topological polar surface area (TPSA) is 95.5 Å². The van der Waals surface area contributed by atoms with Gasteiger partial charge in [0, 0.05) is 12.8 Å². The van der Waals surface area contributed by atoms with Crippen molar-refractivity contribution in [1.82, 2.24) is 10.6 Å². The maximum Gasteiger partial charge on any atom is 0.326 e. The van der Waals surface area contributed by atoms with Crippen molar-refractivity contribution < 1.29 is 19.5 Å². The van der Waals surface area contributed by atoms with Gasteiger partial charge >= 0.3 is 5.97 Å². The fourth-order valence-corrected chi connectivity index (χ4v) is 2.98. The molecule has 6 heteroatoms. The number of carboxylic acid groups (broad SMARTS) is 1. The lowest BCUT2D eigenvalue weighted by Gasteiger charge is -2.17. The minimum atomic E-state index is -1.10. The van der Waals surface area contributed by atoms with Gasteiger partial charge in [0.1, 0.15) is 12.1 Å². The molecule has 26 heavy (non-hydrogen) atoms. The van der Waals surface area contributed by atoms with E-state index in [0.29, 0.717) is 6.42 Å². The van der Waals surface area contributed by atoms with Gasteiger partial charge in [0.2, 0.25) is 11.8 Å². The predicted octanol–water partition coefficient (Wildman–Crippen LogP) is 1.74. The number of hydrogen-bond donors (Lipinski definition) is 3. The second-order valence-electron chi connectivity index (χ2n) is 6.33. The monoisotopic (exact) mass is 352 g/mol. The molecule has 0 unspecified atom stereocenters. The van der Waals surface area contributed by atoms with Crippen LogP contribution in [0.15, 0.2) is 54.6 Å². The maximum absolute atomic E-state index is 12.1. The van der Waals surface area contributed by atoms with Crippen LogP contribution in [0.5, 0.6) is 0 Å². The van der Waals surface area contributed by atoms with E-state index < -0.39 is 24.0 Å². The molecular weight excluding hydrogens is 332 g/mol. The van der Waals surface area contributed by atoms with Crippen LogP contribution < -0.4 is 10.6 Å².